The van der Waals surface area contributed by atoms with Gasteiger partial charge < -0.3 is 4.90 Å². The summed E-state index contributed by atoms with van der Waals surface area (Å²) in [4.78, 5) is 2.40. The summed E-state index contributed by atoms with van der Waals surface area (Å²) >= 11 is 0. The van der Waals surface area contributed by atoms with Gasteiger partial charge in [0.1, 0.15) is 0 Å². The molecule has 0 saturated carbocycles. The molecule has 0 saturated heterocycles. The lowest BCUT2D eigenvalue weighted by molar-refractivity contribution is 1.08. The van der Waals surface area contributed by atoms with E-state index in [0.29, 0.717) is 0 Å². The fraction of sp³-hybridized carbons (Fsp3) is 0.143. The summed E-state index contributed by atoms with van der Waals surface area (Å²) in [7, 11) is 0. The monoisotopic (exact) mass is 285 g/mol. The van der Waals surface area contributed by atoms with Gasteiger partial charge in [0, 0.05) is 23.5 Å². The Hall–Kier alpha value is -2.54. The summed E-state index contributed by atoms with van der Waals surface area (Å²) < 4.78 is 0. The predicted octanol–water partition coefficient (Wildman–Crippen LogP) is 5.62. The third kappa shape index (κ3) is 2.10. The lowest BCUT2D eigenvalue weighted by atomic mass is 9.95. The Balaban J connectivity index is 1.94. The Morgan fingerprint density at radius 3 is 2.05 bits per heavy atom. The Kier molecular flexibility index (Phi) is 3.19. The average molecular weight is 285 g/mol. The maximum atomic E-state index is 2.40. The van der Waals surface area contributed by atoms with Crippen molar-refractivity contribution in [2.24, 2.45) is 0 Å². The Morgan fingerprint density at radius 1 is 0.773 bits per heavy atom. The van der Waals surface area contributed by atoms with Crippen molar-refractivity contribution in [3.63, 3.8) is 0 Å². The molecule has 22 heavy (non-hydrogen) atoms. The number of anilines is 3. The van der Waals surface area contributed by atoms with Crippen LogP contribution in [0.25, 0.3) is 0 Å². The van der Waals surface area contributed by atoms with Gasteiger partial charge in [-0.15, -0.1) is 0 Å². The minimum Gasteiger partial charge on any atom is -0.310 e. The zero-order chi connectivity index (χ0) is 14.9. The molecule has 0 amide bonds. The number of benzene rings is 3. The summed E-state index contributed by atoms with van der Waals surface area (Å²) in [6.07, 6.45) is 2.07. The molecule has 0 aliphatic carbocycles. The summed E-state index contributed by atoms with van der Waals surface area (Å²) in [5.41, 5.74) is 8.01. The molecular formula is C21H19N. The van der Waals surface area contributed by atoms with Crippen molar-refractivity contribution in [2.45, 2.75) is 19.8 Å². The SMILES string of the molecule is CCc1cccc(N2c3ccccc3Cc3ccccc32)c1. The molecule has 0 fully saturated rings. The number of hydrogen-bond donors (Lipinski definition) is 0. The maximum absolute atomic E-state index is 2.40. The highest BCUT2D eigenvalue weighted by Crippen LogP contribution is 2.43. The summed E-state index contributed by atoms with van der Waals surface area (Å²) in [5.74, 6) is 0. The van der Waals surface area contributed by atoms with E-state index < -0.39 is 0 Å². The van der Waals surface area contributed by atoms with Gasteiger partial charge in [0.2, 0.25) is 0 Å². The maximum Gasteiger partial charge on any atom is 0.0497 e. The fourth-order valence-corrected chi connectivity index (χ4v) is 3.29. The first-order valence-corrected chi connectivity index (χ1v) is 7.91. The van der Waals surface area contributed by atoms with E-state index in [4.69, 9.17) is 0 Å². The number of fused-ring (bicyclic) bond motifs is 2. The zero-order valence-electron chi connectivity index (χ0n) is 12.8. The van der Waals surface area contributed by atoms with Crippen LogP contribution in [-0.2, 0) is 12.8 Å². The van der Waals surface area contributed by atoms with Gasteiger partial charge in [-0.1, -0.05) is 55.5 Å². The molecule has 0 N–H and O–H groups in total. The van der Waals surface area contributed by atoms with Crippen LogP contribution < -0.4 is 4.90 Å². The van der Waals surface area contributed by atoms with Gasteiger partial charge in [0.15, 0.2) is 0 Å². The third-order valence-electron chi connectivity index (χ3n) is 4.42. The van der Waals surface area contributed by atoms with Gasteiger partial charge in [0.25, 0.3) is 0 Å². The molecule has 0 bridgehead atoms. The lowest BCUT2D eigenvalue weighted by Gasteiger charge is -2.33. The molecule has 0 aromatic heterocycles. The van der Waals surface area contributed by atoms with Gasteiger partial charge in [-0.25, -0.2) is 0 Å². The van der Waals surface area contributed by atoms with Gasteiger partial charge in [0.05, 0.1) is 0 Å². The number of rotatable bonds is 2. The molecule has 4 rings (SSSR count). The Labute approximate surface area is 131 Å². The molecule has 0 spiro atoms. The predicted molar refractivity (Wildman–Crippen MR) is 93.3 cm³/mol. The van der Waals surface area contributed by atoms with E-state index in [1.165, 1.54) is 33.8 Å². The van der Waals surface area contributed by atoms with Crippen LogP contribution in [0.2, 0.25) is 0 Å². The summed E-state index contributed by atoms with van der Waals surface area (Å²) in [6.45, 7) is 2.21. The smallest absolute Gasteiger partial charge is 0.0497 e. The van der Waals surface area contributed by atoms with E-state index in [2.05, 4.69) is 84.6 Å². The quantitative estimate of drug-likeness (QED) is 0.462. The van der Waals surface area contributed by atoms with Crippen LogP contribution in [0, 0.1) is 0 Å². The standard InChI is InChI=1S/C21H19N/c1-2-16-8-7-11-19(14-16)22-20-12-5-3-9-17(20)15-18-10-4-6-13-21(18)22/h3-14H,2,15H2,1H3. The van der Waals surface area contributed by atoms with E-state index in [9.17, 15) is 0 Å². The molecule has 0 radical (unpaired) electrons. The first kappa shape index (κ1) is 13.1. The van der Waals surface area contributed by atoms with Crippen molar-refractivity contribution in [1.82, 2.24) is 0 Å². The van der Waals surface area contributed by atoms with E-state index in [1.54, 1.807) is 0 Å². The second kappa shape index (κ2) is 5.34. The van der Waals surface area contributed by atoms with Crippen LogP contribution in [0.4, 0.5) is 17.1 Å². The normalized spacial score (nSPS) is 12.7. The summed E-state index contributed by atoms with van der Waals surface area (Å²) in [6, 6.07) is 26.3. The van der Waals surface area contributed by atoms with Crippen molar-refractivity contribution in [1.29, 1.82) is 0 Å². The topological polar surface area (TPSA) is 3.24 Å². The second-order valence-electron chi connectivity index (χ2n) is 5.79. The third-order valence-corrected chi connectivity index (χ3v) is 4.42. The van der Waals surface area contributed by atoms with Crippen molar-refractivity contribution in [2.75, 3.05) is 4.90 Å². The largest absolute Gasteiger partial charge is 0.310 e. The van der Waals surface area contributed by atoms with Gasteiger partial charge in [-0.3, -0.25) is 0 Å². The number of aryl methyl sites for hydroxylation is 1. The highest BCUT2D eigenvalue weighted by molar-refractivity contribution is 5.83. The molecular weight excluding hydrogens is 266 g/mol. The average Bonchev–Trinajstić information content (AvgIpc) is 2.59. The van der Waals surface area contributed by atoms with Crippen molar-refractivity contribution in [3.8, 4) is 0 Å². The van der Waals surface area contributed by atoms with Crippen LogP contribution in [0.15, 0.2) is 72.8 Å². The van der Waals surface area contributed by atoms with E-state index in [1.807, 2.05) is 0 Å². The molecule has 1 aliphatic heterocycles. The van der Waals surface area contributed by atoms with Crippen LogP contribution >= 0.6 is 0 Å². The Bertz CT molecular complexity index is 774. The molecule has 3 aromatic rings. The molecule has 1 nitrogen and oxygen atoms in total. The molecule has 1 aliphatic rings. The van der Waals surface area contributed by atoms with E-state index in [-0.39, 0.29) is 0 Å². The molecule has 1 heteroatoms. The van der Waals surface area contributed by atoms with Crippen LogP contribution in [0.3, 0.4) is 0 Å². The number of nitrogens with zero attached hydrogens (tertiary/aromatic N) is 1. The Morgan fingerprint density at radius 2 is 1.41 bits per heavy atom. The van der Waals surface area contributed by atoms with Crippen LogP contribution in [0.5, 0.6) is 0 Å². The number of para-hydroxylation sites is 2. The van der Waals surface area contributed by atoms with Gasteiger partial charge in [-0.05, 0) is 47.4 Å². The highest BCUT2D eigenvalue weighted by Gasteiger charge is 2.23. The number of hydrogen-bond acceptors (Lipinski definition) is 1. The van der Waals surface area contributed by atoms with Gasteiger partial charge in [-0.2, -0.15) is 0 Å². The van der Waals surface area contributed by atoms with Gasteiger partial charge >= 0.3 is 0 Å². The fourth-order valence-electron chi connectivity index (χ4n) is 3.29. The second-order valence-corrected chi connectivity index (χ2v) is 5.79. The first-order chi connectivity index (χ1) is 10.9. The molecule has 0 unspecified atom stereocenters. The first-order valence-electron chi connectivity index (χ1n) is 7.91. The molecule has 108 valence electrons. The molecule has 3 aromatic carbocycles. The molecule has 0 atom stereocenters. The van der Waals surface area contributed by atoms with E-state index in [0.717, 1.165) is 12.8 Å². The molecule has 1 heterocycles. The van der Waals surface area contributed by atoms with Crippen LogP contribution in [0.1, 0.15) is 23.6 Å². The lowest BCUT2D eigenvalue weighted by Crippen LogP contribution is -2.18. The summed E-state index contributed by atoms with van der Waals surface area (Å²) in [5, 5.41) is 0. The van der Waals surface area contributed by atoms with Crippen molar-refractivity contribution < 1.29 is 0 Å². The zero-order valence-corrected chi connectivity index (χ0v) is 12.8. The van der Waals surface area contributed by atoms with Crippen LogP contribution in [-0.4, -0.2) is 0 Å². The van der Waals surface area contributed by atoms with Crippen molar-refractivity contribution in [3.05, 3.63) is 89.5 Å². The van der Waals surface area contributed by atoms with E-state index >= 15 is 0 Å². The minimum absolute atomic E-state index is 1.01. The van der Waals surface area contributed by atoms with Crippen molar-refractivity contribution >= 4 is 17.1 Å². The highest BCUT2D eigenvalue weighted by atomic mass is 15.2. The minimum atomic E-state index is 1.01.